The predicted molar refractivity (Wildman–Crippen MR) is 278 cm³/mol. The molecule has 25 unspecified atom stereocenters. The molecule has 25 atom stereocenters. The summed E-state index contributed by atoms with van der Waals surface area (Å²) in [7, 11) is 2.64. The average molecular weight is 1170 g/mol. The van der Waals surface area contributed by atoms with Crippen LogP contribution in [0.2, 0.25) is 0 Å². The lowest BCUT2D eigenvalue weighted by atomic mass is 9.75. The number of ketones is 2. The van der Waals surface area contributed by atoms with Crippen LogP contribution in [0.1, 0.15) is 110 Å². The van der Waals surface area contributed by atoms with Crippen LogP contribution in [0.15, 0.2) is 18.2 Å². The van der Waals surface area contributed by atoms with Crippen molar-refractivity contribution >= 4 is 34.3 Å². The maximum absolute atomic E-state index is 15.0. The van der Waals surface area contributed by atoms with E-state index in [1.165, 1.54) is 67.0 Å². The molecule has 26 heteroatoms. The van der Waals surface area contributed by atoms with Gasteiger partial charge in [0.15, 0.2) is 42.8 Å². The summed E-state index contributed by atoms with van der Waals surface area (Å²) in [5, 5.41) is 89.4. The third kappa shape index (κ3) is 13.8. The van der Waals surface area contributed by atoms with E-state index in [1.54, 1.807) is 27.7 Å². The molecular formula is C56H80O26. The number of aromatic hydroxyl groups is 2. The topological polar surface area (TPSA) is 359 Å². The maximum atomic E-state index is 15.0. The van der Waals surface area contributed by atoms with Gasteiger partial charge in [-0.25, -0.2) is 0 Å². The van der Waals surface area contributed by atoms with Gasteiger partial charge in [0.2, 0.25) is 6.29 Å². The molecule has 26 nitrogen and oxygen atoms in total. The molecule has 0 saturated carbocycles. The van der Waals surface area contributed by atoms with E-state index in [4.69, 9.17) is 66.3 Å². The van der Waals surface area contributed by atoms with Crippen LogP contribution in [0.25, 0.3) is 10.8 Å². The lowest BCUT2D eigenvalue weighted by molar-refractivity contribution is -0.334. The van der Waals surface area contributed by atoms with Gasteiger partial charge in [0.25, 0.3) is 0 Å². The Hall–Kier alpha value is -4.30. The molecule has 5 saturated heterocycles. The zero-order valence-electron chi connectivity index (χ0n) is 47.8. The van der Waals surface area contributed by atoms with E-state index in [0.717, 1.165) is 0 Å². The average Bonchev–Trinajstić information content (AvgIpc) is 2.15. The van der Waals surface area contributed by atoms with Crippen LogP contribution < -0.4 is 4.74 Å². The summed E-state index contributed by atoms with van der Waals surface area (Å²) in [4.78, 5) is 53.1. The van der Waals surface area contributed by atoms with E-state index in [-0.39, 0.29) is 66.2 Å². The van der Waals surface area contributed by atoms with Gasteiger partial charge in [0.05, 0.1) is 65.9 Å². The van der Waals surface area contributed by atoms with Crippen LogP contribution in [0, 0.1) is 5.92 Å². The SMILES string of the molecule is COC(C(=O)C(O)C(C)O)C1Cc2cc3cc(OC4CC(OC(C)=O)C(OC5CC(O)C(OC)C(C)O5)C(C)O4)cc(O)c3c(O)c2C(=O)C1OC1CC(OC2CC(OC3CC(C)(O)C(OC(C)=O)C(C)O3)C(O)C(C)O2)C(O)C(C)O1. The van der Waals surface area contributed by atoms with Crippen LogP contribution in [-0.2, 0) is 82.4 Å². The van der Waals surface area contributed by atoms with Crippen molar-refractivity contribution in [3.05, 3.63) is 29.3 Å². The molecule has 5 heterocycles. The van der Waals surface area contributed by atoms with Crippen LogP contribution >= 0.6 is 0 Å². The molecule has 1 aliphatic carbocycles. The van der Waals surface area contributed by atoms with Gasteiger partial charge in [-0.3, -0.25) is 19.2 Å². The molecule has 8 N–H and O–H groups in total. The van der Waals surface area contributed by atoms with Crippen molar-refractivity contribution in [2.24, 2.45) is 5.92 Å². The molecule has 5 aliphatic heterocycles. The highest BCUT2D eigenvalue weighted by molar-refractivity contribution is 6.11. The Kier molecular flexibility index (Phi) is 20.3. The molecule has 0 bridgehead atoms. The quantitative estimate of drug-likeness (QED) is 0.0973. The number of carbonyl (C=O) groups excluding carboxylic acids is 4. The number of ether oxygens (including phenoxy) is 14. The Morgan fingerprint density at radius 1 is 0.683 bits per heavy atom. The Labute approximate surface area is 473 Å². The maximum Gasteiger partial charge on any atom is 0.303 e. The van der Waals surface area contributed by atoms with Crippen molar-refractivity contribution in [3.63, 3.8) is 0 Å². The third-order valence-electron chi connectivity index (χ3n) is 16.2. The molecular weight excluding hydrogens is 1090 g/mol. The number of benzene rings is 2. The number of Topliss-reactive ketones (excluding diaryl/α,β-unsaturated/α-hetero) is 2. The Morgan fingerprint density at radius 3 is 1.80 bits per heavy atom. The van der Waals surface area contributed by atoms with Gasteiger partial charge in [-0.1, -0.05) is 0 Å². The number of aliphatic hydroxyl groups is 6. The zero-order valence-corrected chi connectivity index (χ0v) is 47.8. The Balaban J connectivity index is 1.01. The van der Waals surface area contributed by atoms with Gasteiger partial charge in [-0.2, -0.15) is 0 Å². The minimum Gasteiger partial charge on any atom is -0.507 e. The lowest BCUT2D eigenvalue weighted by Crippen LogP contribution is -2.59. The summed E-state index contributed by atoms with van der Waals surface area (Å²) in [5.41, 5.74) is -1.65. The van der Waals surface area contributed by atoms with E-state index >= 15 is 4.79 Å². The normalized spacial score (nSPS) is 40.1. The van der Waals surface area contributed by atoms with Crippen molar-refractivity contribution in [1.29, 1.82) is 0 Å². The van der Waals surface area contributed by atoms with Crippen molar-refractivity contribution < 1.29 is 126 Å². The van der Waals surface area contributed by atoms with Crippen LogP contribution in [0.3, 0.4) is 0 Å². The second kappa shape index (κ2) is 26.1. The highest BCUT2D eigenvalue weighted by Crippen LogP contribution is 2.46. The van der Waals surface area contributed by atoms with Crippen LogP contribution in [0.5, 0.6) is 17.2 Å². The van der Waals surface area contributed by atoms with Gasteiger partial charge in [0.1, 0.15) is 71.7 Å². The molecule has 0 aromatic heterocycles. The number of phenolic OH excluding ortho intramolecular Hbond substituents is 2. The van der Waals surface area contributed by atoms with Crippen molar-refractivity contribution in [1.82, 2.24) is 0 Å². The standard InChI is InChI=1S/C56H80O26/c1-21(57)45(62)50(67)53(70-11)32-14-30-12-29-13-31(78-39-19-37(76-27(7)58)52(25(5)74-39)81-38-16-34(61)51(69-10)24(4)73-38)15-33(60)43(29)48(65)44(30)49(66)54(32)82-41-18-35(46(63)23(3)72-41)79-40-17-36(47(64)22(2)71-40)80-42-20-56(9,68)55(26(6)75-42)77-28(8)59/h12-13,15,21-26,32,34-42,45-47,51-55,57,60-65,68H,14,16-20H2,1-11H3. The van der Waals surface area contributed by atoms with Crippen molar-refractivity contribution in [3.8, 4) is 17.2 Å². The first kappa shape index (κ1) is 63.7. The monoisotopic (exact) mass is 1170 g/mol. The van der Waals surface area contributed by atoms with E-state index in [1.807, 2.05) is 0 Å². The van der Waals surface area contributed by atoms with Crippen LogP contribution in [0.4, 0.5) is 0 Å². The van der Waals surface area contributed by atoms with Gasteiger partial charge in [-0.15, -0.1) is 0 Å². The fourth-order valence-corrected chi connectivity index (χ4v) is 12.3. The summed E-state index contributed by atoms with van der Waals surface area (Å²) < 4.78 is 83.8. The molecule has 5 fully saturated rings. The third-order valence-corrected chi connectivity index (χ3v) is 16.2. The lowest BCUT2D eigenvalue weighted by Gasteiger charge is -2.46. The summed E-state index contributed by atoms with van der Waals surface area (Å²) in [5.74, 6) is -5.45. The number of aliphatic hydroxyl groups excluding tert-OH is 5. The number of rotatable bonds is 18. The second-order valence-electron chi connectivity index (χ2n) is 22.7. The van der Waals surface area contributed by atoms with Crippen molar-refractivity contribution in [2.75, 3.05) is 14.2 Å². The number of hydrogen-bond donors (Lipinski definition) is 8. The molecule has 460 valence electrons. The number of phenols is 2. The fourth-order valence-electron chi connectivity index (χ4n) is 12.3. The molecule has 2 aromatic rings. The molecule has 0 amide bonds. The first-order valence-electron chi connectivity index (χ1n) is 27.8. The predicted octanol–water partition coefficient (Wildman–Crippen LogP) is 1.24. The van der Waals surface area contributed by atoms with Crippen LogP contribution in [-0.4, -0.2) is 225 Å². The van der Waals surface area contributed by atoms with E-state index in [9.17, 15) is 55.2 Å². The molecule has 6 aliphatic rings. The minimum absolute atomic E-state index is 0.0400. The number of carbonyl (C=O) groups is 4. The summed E-state index contributed by atoms with van der Waals surface area (Å²) >= 11 is 0. The number of esters is 2. The van der Waals surface area contributed by atoms with Gasteiger partial charge >= 0.3 is 11.9 Å². The second-order valence-corrected chi connectivity index (χ2v) is 22.7. The van der Waals surface area contributed by atoms with E-state index < -0.39 is 188 Å². The molecule has 0 radical (unpaired) electrons. The largest absolute Gasteiger partial charge is 0.507 e. The highest BCUT2D eigenvalue weighted by atomic mass is 16.7. The minimum atomic E-state index is -1.96. The number of fused-ring (bicyclic) bond motifs is 2. The molecule has 0 spiro atoms. The van der Waals surface area contributed by atoms with E-state index in [0.29, 0.717) is 0 Å². The summed E-state index contributed by atoms with van der Waals surface area (Å²) in [6, 6.07) is 4.18. The van der Waals surface area contributed by atoms with Crippen molar-refractivity contribution in [2.45, 2.75) is 248 Å². The Bertz CT molecular complexity index is 2570. The number of hydrogen-bond acceptors (Lipinski definition) is 26. The molecule has 2 aromatic carbocycles. The van der Waals surface area contributed by atoms with Gasteiger partial charge in [-0.05, 0) is 78.0 Å². The summed E-state index contributed by atoms with van der Waals surface area (Å²) in [6.07, 6.45) is -25.7. The highest BCUT2D eigenvalue weighted by Gasteiger charge is 2.52. The van der Waals surface area contributed by atoms with Gasteiger partial charge < -0.3 is 107 Å². The zero-order chi connectivity index (χ0) is 60.0. The first-order valence-corrected chi connectivity index (χ1v) is 27.8. The number of methoxy groups -OCH3 is 2. The summed E-state index contributed by atoms with van der Waals surface area (Å²) in [6.45, 7) is 13.3. The smallest absolute Gasteiger partial charge is 0.303 e. The first-order chi connectivity index (χ1) is 38.6. The van der Waals surface area contributed by atoms with Gasteiger partial charge in [0, 0.05) is 72.2 Å². The molecule has 8 rings (SSSR count). The van der Waals surface area contributed by atoms with E-state index in [2.05, 4.69) is 0 Å². The fraction of sp³-hybridized carbons (Fsp3) is 0.750. The molecule has 82 heavy (non-hydrogen) atoms. The Morgan fingerprint density at radius 2 is 1.23 bits per heavy atom.